The third-order valence-electron chi connectivity index (χ3n) is 2.74. The van der Waals surface area contributed by atoms with Crippen LogP contribution in [-0.4, -0.2) is 24.2 Å². The molecule has 0 bridgehead atoms. The van der Waals surface area contributed by atoms with Crippen LogP contribution < -0.4 is 5.32 Å². The lowest BCUT2D eigenvalue weighted by Crippen LogP contribution is -2.15. The van der Waals surface area contributed by atoms with Gasteiger partial charge in [0.25, 0.3) is 0 Å². The van der Waals surface area contributed by atoms with Crippen molar-refractivity contribution in [1.82, 2.24) is 0 Å². The smallest absolute Gasteiger partial charge is 0.341 e. The minimum atomic E-state index is -0.447. The van der Waals surface area contributed by atoms with E-state index in [4.69, 9.17) is 17.4 Å². The van der Waals surface area contributed by atoms with Crippen LogP contribution in [0.3, 0.4) is 0 Å². The van der Waals surface area contributed by atoms with Crippen molar-refractivity contribution in [2.24, 2.45) is 0 Å². The summed E-state index contributed by atoms with van der Waals surface area (Å²) in [5, 5.41) is 4.97. The fourth-order valence-corrected chi connectivity index (χ4v) is 2.89. The summed E-state index contributed by atoms with van der Waals surface area (Å²) < 4.78 is 5.09. The summed E-state index contributed by atoms with van der Waals surface area (Å²) in [5.41, 5.74) is 2.03. The quantitative estimate of drug-likeness (QED) is 0.854. The molecule has 0 aliphatic rings. The average Bonchev–Trinajstić information content (AvgIpc) is 2.92. The van der Waals surface area contributed by atoms with Crippen molar-refractivity contribution in [3.05, 3.63) is 41.3 Å². The van der Waals surface area contributed by atoms with E-state index in [1.54, 1.807) is 6.92 Å². The van der Waals surface area contributed by atoms with Crippen LogP contribution in [0.1, 0.15) is 17.3 Å². The molecule has 1 heterocycles. The Morgan fingerprint density at radius 2 is 2.00 bits per heavy atom. The number of amides is 1. The van der Waals surface area contributed by atoms with E-state index in [1.165, 1.54) is 11.3 Å². The van der Waals surface area contributed by atoms with E-state index in [2.05, 4.69) is 5.32 Å². The second-order valence-electron chi connectivity index (χ2n) is 4.13. The lowest BCUT2D eigenvalue weighted by Gasteiger charge is -2.08. The fraction of sp³-hybridized carbons (Fsp3) is 0.200. The molecule has 0 unspecified atom stereocenters. The summed E-state index contributed by atoms with van der Waals surface area (Å²) in [4.78, 5) is 23.7. The third-order valence-corrected chi connectivity index (χ3v) is 3.90. The van der Waals surface area contributed by atoms with Gasteiger partial charge < -0.3 is 10.1 Å². The average molecular weight is 320 g/mol. The van der Waals surface area contributed by atoms with Crippen molar-refractivity contribution >= 4 is 40.8 Å². The van der Waals surface area contributed by atoms with E-state index in [1.807, 2.05) is 35.7 Å². The molecule has 21 heavy (non-hydrogen) atoms. The van der Waals surface area contributed by atoms with Crippen LogP contribution in [-0.2, 0) is 9.53 Å². The number of ether oxygens (including phenoxy) is 1. The van der Waals surface area contributed by atoms with Gasteiger partial charge in [-0.05, 0) is 12.5 Å². The molecule has 0 saturated heterocycles. The lowest BCUT2D eigenvalue weighted by atomic mass is 10.0. The normalized spacial score (nSPS) is 10.2. The number of thiophene rings is 1. The van der Waals surface area contributed by atoms with E-state index < -0.39 is 5.97 Å². The SMILES string of the molecule is CCOC(=O)c1c(-c2ccccc2)csc1NC(=O)C[S]. The molecule has 1 amide bonds. The van der Waals surface area contributed by atoms with Crippen LogP contribution in [0.15, 0.2) is 35.7 Å². The Balaban J connectivity index is 2.46. The Morgan fingerprint density at radius 3 is 2.62 bits per heavy atom. The molecule has 6 heteroatoms. The highest BCUT2D eigenvalue weighted by Crippen LogP contribution is 2.36. The number of anilines is 1. The Morgan fingerprint density at radius 1 is 1.29 bits per heavy atom. The molecule has 0 spiro atoms. The summed E-state index contributed by atoms with van der Waals surface area (Å²) in [6.07, 6.45) is 0. The molecule has 0 fully saturated rings. The number of rotatable bonds is 5. The van der Waals surface area contributed by atoms with Crippen LogP contribution in [0.25, 0.3) is 11.1 Å². The largest absolute Gasteiger partial charge is 0.462 e. The van der Waals surface area contributed by atoms with Gasteiger partial charge in [-0.25, -0.2) is 4.79 Å². The third kappa shape index (κ3) is 3.65. The van der Waals surface area contributed by atoms with Crippen LogP contribution in [0.5, 0.6) is 0 Å². The van der Waals surface area contributed by atoms with Crippen molar-refractivity contribution in [2.45, 2.75) is 6.92 Å². The number of carbonyl (C=O) groups is 2. The molecular weight excluding hydrogens is 306 g/mol. The first-order valence-corrected chi connectivity index (χ1v) is 7.85. The number of carbonyl (C=O) groups excluding carboxylic acids is 2. The van der Waals surface area contributed by atoms with Gasteiger partial charge in [0.05, 0.1) is 12.4 Å². The predicted molar refractivity (Wildman–Crippen MR) is 86.8 cm³/mol. The number of benzene rings is 1. The maximum absolute atomic E-state index is 12.2. The summed E-state index contributed by atoms with van der Waals surface area (Å²) >= 11 is 6.00. The fourth-order valence-electron chi connectivity index (χ4n) is 1.85. The molecule has 109 valence electrons. The summed E-state index contributed by atoms with van der Waals surface area (Å²) in [6, 6.07) is 9.50. The topological polar surface area (TPSA) is 55.4 Å². The zero-order chi connectivity index (χ0) is 15.2. The Labute approximate surface area is 132 Å². The zero-order valence-corrected chi connectivity index (χ0v) is 13.1. The number of esters is 1. The summed E-state index contributed by atoms with van der Waals surface area (Å²) in [5.74, 6) is -0.810. The second kappa shape index (κ2) is 7.28. The molecule has 4 nitrogen and oxygen atoms in total. The van der Waals surface area contributed by atoms with Crippen LogP contribution in [0.2, 0.25) is 0 Å². The van der Waals surface area contributed by atoms with Gasteiger partial charge in [-0.1, -0.05) is 43.0 Å². The molecule has 0 atom stereocenters. The molecular formula is C15H14NO3S2. The Kier molecular flexibility index (Phi) is 5.41. The van der Waals surface area contributed by atoms with Gasteiger partial charge in [-0.15, -0.1) is 11.3 Å². The first-order valence-electron chi connectivity index (χ1n) is 6.39. The second-order valence-corrected chi connectivity index (χ2v) is 5.30. The number of nitrogens with one attached hydrogen (secondary N) is 1. The molecule has 2 aromatic rings. The van der Waals surface area contributed by atoms with E-state index in [0.717, 1.165) is 11.1 Å². The molecule has 1 N–H and O–H groups in total. The monoisotopic (exact) mass is 320 g/mol. The van der Waals surface area contributed by atoms with Crippen LogP contribution in [0, 0.1) is 0 Å². The number of hydrogen-bond donors (Lipinski definition) is 1. The number of hydrogen-bond acceptors (Lipinski definition) is 4. The van der Waals surface area contributed by atoms with Crippen molar-refractivity contribution in [3.8, 4) is 11.1 Å². The summed E-state index contributed by atoms with van der Waals surface area (Å²) in [6.45, 7) is 2.02. The van der Waals surface area contributed by atoms with E-state index in [-0.39, 0.29) is 18.3 Å². The Bertz CT molecular complexity index is 638. The van der Waals surface area contributed by atoms with Crippen LogP contribution >= 0.6 is 24.0 Å². The van der Waals surface area contributed by atoms with Gasteiger partial charge in [-0.3, -0.25) is 4.79 Å². The molecule has 1 aromatic carbocycles. The first kappa shape index (κ1) is 15.6. The molecule has 0 aliphatic heterocycles. The molecule has 0 saturated carbocycles. The predicted octanol–water partition coefficient (Wildman–Crippen LogP) is 3.73. The molecule has 1 aromatic heterocycles. The van der Waals surface area contributed by atoms with Crippen molar-refractivity contribution in [1.29, 1.82) is 0 Å². The summed E-state index contributed by atoms with van der Waals surface area (Å²) in [7, 11) is 0. The minimum absolute atomic E-state index is 0.0547. The maximum atomic E-state index is 12.2. The Hall–Kier alpha value is -1.79. The van der Waals surface area contributed by atoms with Gasteiger partial charge in [0, 0.05) is 10.9 Å². The standard InChI is InChI=1S/C15H14NO3S2/c1-2-19-15(18)13-11(10-6-4-3-5-7-10)9-21-14(13)16-12(17)8-20/h3-7,9H,2,8H2,1H3,(H,16,17). The highest BCUT2D eigenvalue weighted by Gasteiger charge is 2.22. The van der Waals surface area contributed by atoms with Gasteiger partial charge in [-0.2, -0.15) is 0 Å². The van der Waals surface area contributed by atoms with E-state index in [0.29, 0.717) is 10.6 Å². The van der Waals surface area contributed by atoms with Crippen molar-refractivity contribution in [3.63, 3.8) is 0 Å². The zero-order valence-electron chi connectivity index (χ0n) is 11.4. The van der Waals surface area contributed by atoms with Crippen LogP contribution in [0.4, 0.5) is 5.00 Å². The van der Waals surface area contributed by atoms with Gasteiger partial charge in [0.1, 0.15) is 10.6 Å². The first-order chi connectivity index (χ1) is 10.2. The highest BCUT2D eigenvalue weighted by molar-refractivity contribution is 7.81. The maximum Gasteiger partial charge on any atom is 0.341 e. The van der Waals surface area contributed by atoms with Gasteiger partial charge in [0.2, 0.25) is 5.91 Å². The van der Waals surface area contributed by atoms with Gasteiger partial charge >= 0.3 is 5.97 Å². The van der Waals surface area contributed by atoms with Crippen molar-refractivity contribution in [2.75, 3.05) is 17.7 Å². The van der Waals surface area contributed by atoms with Crippen molar-refractivity contribution < 1.29 is 14.3 Å². The molecule has 0 aliphatic carbocycles. The highest BCUT2D eigenvalue weighted by atomic mass is 32.1. The van der Waals surface area contributed by atoms with Gasteiger partial charge in [0.15, 0.2) is 0 Å². The molecule has 1 radical (unpaired) electrons. The van der Waals surface area contributed by atoms with E-state index >= 15 is 0 Å². The molecule has 2 rings (SSSR count). The lowest BCUT2D eigenvalue weighted by molar-refractivity contribution is -0.113. The minimum Gasteiger partial charge on any atom is -0.462 e. The van der Waals surface area contributed by atoms with E-state index in [9.17, 15) is 9.59 Å².